The monoisotopic (exact) mass is 300 g/mol. The fourth-order valence-corrected chi connectivity index (χ4v) is 2.73. The molecule has 1 unspecified atom stereocenters. The summed E-state index contributed by atoms with van der Waals surface area (Å²) in [5.74, 6) is -0.0835. The molecule has 1 saturated heterocycles. The van der Waals surface area contributed by atoms with Gasteiger partial charge in [-0.1, -0.05) is 29.6 Å². The molecule has 1 aromatic carbocycles. The number of carbonyl (C=O) groups excluding carboxylic acids is 1. The van der Waals surface area contributed by atoms with Crippen molar-refractivity contribution in [2.75, 3.05) is 20.1 Å². The van der Waals surface area contributed by atoms with Crippen molar-refractivity contribution >= 4 is 29.1 Å². The molecule has 3 nitrogen and oxygen atoms in total. The second-order valence-corrected chi connectivity index (χ2v) is 5.80. The van der Waals surface area contributed by atoms with Gasteiger partial charge in [0.2, 0.25) is 0 Å². The van der Waals surface area contributed by atoms with Crippen LogP contribution in [0.2, 0.25) is 10.0 Å². The van der Waals surface area contributed by atoms with E-state index < -0.39 is 0 Å². The first-order chi connectivity index (χ1) is 9.08. The SMILES string of the molecule is CN(CC1CCCCN1)C(=O)c1cc(Cl)ccc1Cl. The molecule has 1 aliphatic rings. The van der Waals surface area contributed by atoms with Crippen LogP contribution in [0, 0.1) is 0 Å². The van der Waals surface area contributed by atoms with Crippen molar-refractivity contribution < 1.29 is 4.79 Å². The third-order valence-electron chi connectivity index (χ3n) is 3.41. The van der Waals surface area contributed by atoms with Gasteiger partial charge in [0, 0.05) is 24.7 Å². The van der Waals surface area contributed by atoms with Gasteiger partial charge in [0.1, 0.15) is 0 Å². The summed E-state index contributed by atoms with van der Waals surface area (Å²) in [6, 6.07) is 5.34. The summed E-state index contributed by atoms with van der Waals surface area (Å²) in [4.78, 5) is 14.1. The number of likely N-dealkylation sites (N-methyl/N-ethyl adjacent to an activating group) is 1. The molecule has 0 radical (unpaired) electrons. The largest absolute Gasteiger partial charge is 0.340 e. The standard InChI is InChI=1S/C14H18Cl2N2O/c1-18(9-11-4-2-3-7-17-11)14(19)12-8-10(15)5-6-13(12)16/h5-6,8,11,17H,2-4,7,9H2,1H3. The van der Waals surface area contributed by atoms with Gasteiger partial charge in [-0.15, -0.1) is 0 Å². The van der Waals surface area contributed by atoms with Crippen LogP contribution in [0.3, 0.4) is 0 Å². The summed E-state index contributed by atoms with van der Waals surface area (Å²) < 4.78 is 0. The summed E-state index contributed by atoms with van der Waals surface area (Å²) in [6.07, 6.45) is 3.55. The lowest BCUT2D eigenvalue weighted by Gasteiger charge is -2.28. The lowest BCUT2D eigenvalue weighted by molar-refractivity contribution is 0.0775. The highest BCUT2D eigenvalue weighted by atomic mass is 35.5. The Kier molecular flexibility index (Phi) is 5.08. The van der Waals surface area contributed by atoms with Gasteiger partial charge >= 0.3 is 0 Å². The third-order valence-corrected chi connectivity index (χ3v) is 3.98. The van der Waals surface area contributed by atoms with E-state index in [1.807, 2.05) is 0 Å². The normalized spacial score (nSPS) is 19.2. The Hall–Kier alpha value is -0.770. The maximum Gasteiger partial charge on any atom is 0.255 e. The number of benzene rings is 1. The van der Waals surface area contributed by atoms with E-state index in [-0.39, 0.29) is 5.91 Å². The molecule has 0 spiro atoms. The fourth-order valence-electron chi connectivity index (χ4n) is 2.36. The Balaban J connectivity index is 2.03. The van der Waals surface area contributed by atoms with Gasteiger partial charge in [-0.2, -0.15) is 0 Å². The summed E-state index contributed by atoms with van der Waals surface area (Å²) in [5, 5.41) is 4.40. The molecule has 1 heterocycles. The molecule has 19 heavy (non-hydrogen) atoms. The van der Waals surface area contributed by atoms with Crippen LogP contribution in [-0.2, 0) is 0 Å². The number of carbonyl (C=O) groups is 1. The van der Waals surface area contributed by atoms with Crippen LogP contribution in [0.15, 0.2) is 18.2 Å². The summed E-state index contributed by atoms with van der Waals surface area (Å²) in [7, 11) is 1.80. The van der Waals surface area contributed by atoms with Crippen LogP contribution < -0.4 is 5.32 Å². The molecule has 1 aromatic rings. The van der Waals surface area contributed by atoms with Gasteiger partial charge in [0.15, 0.2) is 0 Å². The van der Waals surface area contributed by atoms with Crippen molar-refractivity contribution in [3.63, 3.8) is 0 Å². The maximum absolute atomic E-state index is 12.3. The number of rotatable bonds is 3. The van der Waals surface area contributed by atoms with Crippen LogP contribution >= 0.6 is 23.2 Å². The second-order valence-electron chi connectivity index (χ2n) is 4.96. The number of nitrogens with one attached hydrogen (secondary N) is 1. The molecule has 1 fully saturated rings. The van der Waals surface area contributed by atoms with Crippen LogP contribution in [0.25, 0.3) is 0 Å². The number of halogens is 2. The molecule has 2 rings (SSSR count). The molecular weight excluding hydrogens is 283 g/mol. The van der Waals surface area contributed by atoms with Gasteiger partial charge in [-0.05, 0) is 37.6 Å². The average molecular weight is 301 g/mol. The highest BCUT2D eigenvalue weighted by molar-refractivity contribution is 6.35. The molecular formula is C14H18Cl2N2O. The van der Waals surface area contributed by atoms with E-state index in [9.17, 15) is 4.79 Å². The highest BCUT2D eigenvalue weighted by Gasteiger charge is 2.20. The van der Waals surface area contributed by atoms with Crippen molar-refractivity contribution in [2.24, 2.45) is 0 Å². The molecule has 1 amide bonds. The number of piperidine rings is 1. The minimum absolute atomic E-state index is 0.0835. The van der Waals surface area contributed by atoms with Crippen molar-refractivity contribution in [1.29, 1.82) is 0 Å². The number of nitrogens with zero attached hydrogens (tertiary/aromatic N) is 1. The predicted molar refractivity (Wildman–Crippen MR) is 79.1 cm³/mol. The van der Waals surface area contributed by atoms with Gasteiger partial charge in [0.25, 0.3) is 5.91 Å². The maximum atomic E-state index is 12.3. The molecule has 0 bridgehead atoms. The predicted octanol–water partition coefficient (Wildman–Crippen LogP) is 3.21. The van der Waals surface area contributed by atoms with Gasteiger partial charge in [0.05, 0.1) is 10.6 Å². The van der Waals surface area contributed by atoms with Crippen molar-refractivity contribution in [2.45, 2.75) is 25.3 Å². The molecule has 0 saturated carbocycles. The number of amides is 1. The fraction of sp³-hybridized carbons (Fsp3) is 0.500. The lowest BCUT2D eigenvalue weighted by Crippen LogP contribution is -2.44. The first-order valence-corrected chi connectivity index (χ1v) is 7.27. The summed E-state index contributed by atoms with van der Waals surface area (Å²) in [5.41, 5.74) is 0.465. The van der Waals surface area contributed by atoms with Crippen LogP contribution in [0.5, 0.6) is 0 Å². The van der Waals surface area contributed by atoms with Crippen LogP contribution in [0.1, 0.15) is 29.6 Å². The molecule has 0 aliphatic carbocycles. The Labute approximate surface area is 123 Å². The Morgan fingerprint density at radius 2 is 2.21 bits per heavy atom. The zero-order chi connectivity index (χ0) is 13.8. The first kappa shape index (κ1) is 14.6. The summed E-state index contributed by atoms with van der Waals surface area (Å²) in [6.45, 7) is 1.73. The smallest absolute Gasteiger partial charge is 0.255 e. The van der Waals surface area contributed by atoms with E-state index >= 15 is 0 Å². The van der Waals surface area contributed by atoms with Crippen molar-refractivity contribution in [1.82, 2.24) is 10.2 Å². The quantitative estimate of drug-likeness (QED) is 0.930. The minimum Gasteiger partial charge on any atom is -0.340 e. The van der Waals surface area contributed by atoms with E-state index in [2.05, 4.69) is 5.32 Å². The van der Waals surface area contributed by atoms with E-state index in [1.165, 1.54) is 12.8 Å². The molecule has 1 aliphatic heterocycles. The Bertz CT molecular complexity index is 459. The minimum atomic E-state index is -0.0835. The third kappa shape index (κ3) is 3.85. The van der Waals surface area contributed by atoms with E-state index in [1.54, 1.807) is 30.1 Å². The van der Waals surface area contributed by atoms with E-state index in [0.717, 1.165) is 13.0 Å². The van der Waals surface area contributed by atoms with Crippen LogP contribution in [0.4, 0.5) is 0 Å². The lowest BCUT2D eigenvalue weighted by atomic mass is 10.0. The topological polar surface area (TPSA) is 32.3 Å². The van der Waals surface area contributed by atoms with Crippen molar-refractivity contribution in [3.8, 4) is 0 Å². The number of hydrogen-bond donors (Lipinski definition) is 1. The Morgan fingerprint density at radius 1 is 1.42 bits per heavy atom. The Morgan fingerprint density at radius 3 is 2.89 bits per heavy atom. The van der Waals surface area contributed by atoms with E-state index in [4.69, 9.17) is 23.2 Å². The van der Waals surface area contributed by atoms with Gasteiger partial charge < -0.3 is 10.2 Å². The van der Waals surface area contributed by atoms with E-state index in [0.29, 0.717) is 28.2 Å². The van der Waals surface area contributed by atoms with Crippen molar-refractivity contribution in [3.05, 3.63) is 33.8 Å². The van der Waals surface area contributed by atoms with Gasteiger partial charge in [-0.3, -0.25) is 4.79 Å². The average Bonchev–Trinajstić information content (AvgIpc) is 2.42. The summed E-state index contributed by atoms with van der Waals surface area (Å²) >= 11 is 12.0. The number of hydrogen-bond acceptors (Lipinski definition) is 2. The van der Waals surface area contributed by atoms with Gasteiger partial charge in [-0.25, -0.2) is 0 Å². The highest BCUT2D eigenvalue weighted by Crippen LogP contribution is 2.22. The molecule has 1 atom stereocenters. The zero-order valence-electron chi connectivity index (χ0n) is 11.0. The molecule has 104 valence electrons. The van der Waals surface area contributed by atoms with Crippen LogP contribution in [-0.4, -0.2) is 37.0 Å². The zero-order valence-corrected chi connectivity index (χ0v) is 12.5. The molecule has 1 N–H and O–H groups in total. The molecule has 5 heteroatoms. The second kappa shape index (κ2) is 6.60. The first-order valence-electron chi connectivity index (χ1n) is 6.52. The molecule has 0 aromatic heterocycles.